The smallest absolute Gasteiger partial charge is 0.487 e. The quantitative estimate of drug-likeness (QED) is 0.440. The van der Waals surface area contributed by atoms with E-state index >= 15 is 0 Å². The monoisotopic (exact) mass is 532 g/mol. The van der Waals surface area contributed by atoms with Crippen LogP contribution in [0.2, 0.25) is 10.0 Å². The molecule has 11 heteroatoms. The number of rotatable bonds is 9. The van der Waals surface area contributed by atoms with Crippen molar-refractivity contribution in [3.63, 3.8) is 0 Å². The number of amides is 1. The number of halogens is 5. The Kier molecular flexibility index (Phi) is 9.27. The van der Waals surface area contributed by atoms with Crippen molar-refractivity contribution in [1.29, 1.82) is 0 Å². The minimum Gasteiger partial charge on any atom is -0.487 e. The number of anilines is 1. The average molecular weight is 533 g/mol. The van der Waals surface area contributed by atoms with Gasteiger partial charge in [-0.1, -0.05) is 35.3 Å². The zero-order valence-electron chi connectivity index (χ0n) is 18.9. The van der Waals surface area contributed by atoms with Gasteiger partial charge in [0.05, 0.1) is 5.69 Å². The number of benzene rings is 2. The molecule has 1 amide bonds. The standard InChI is InChI=1S/C24H25Cl2F3N2O4/c1-15(32)30-21-11-19(26)6-7-22(21)34-14-20(35-23(33)24(27,28)29)13-31-9-8-17(12-31)10-16-2-4-18(25)5-3-16/h2-7,11,17,20H,8-10,12-14H2,1H3,(H,30,32). The van der Waals surface area contributed by atoms with Crippen molar-refractivity contribution in [3.8, 4) is 5.75 Å². The van der Waals surface area contributed by atoms with E-state index in [2.05, 4.69) is 5.32 Å². The summed E-state index contributed by atoms with van der Waals surface area (Å²) in [5.41, 5.74) is 1.38. The Morgan fingerprint density at radius 3 is 2.49 bits per heavy atom. The van der Waals surface area contributed by atoms with Crippen molar-refractivity contribution >= 4 is 40.8 Å². The van der Waals surface area contributed by atoms with E-state index in [9.17, 15) is 22.8 Å². The highest BCUT2D eigenvalue weighted by Gasteiger charge is 2.43. The lowest BCUT2D eigenvalue weighted by atomic mass is 9.99. The van der Waals surface area contributed by atoms with E-state index in [0.29, 0.717) is 29.1 Å². The predicted octanol–water partition coefficient (Wildman–Crippen LogP) is 5.37. The fourth-order valence-electron chi connectivity index (χ4n) is 3.93. The van der Waals surface area contributed by atoms with Crippen LogP contribution in [0.1, 0.15) is 18.9 Å². The lowest BCUT2D eigenvalue weighted by Gasteiger charge is -2.25. The second kappa shape index (κ2) is 12.0. The van der Waals surface area contributed by atoms with Crippen molar-refractivity contribution in [2.75, 3.05) is 31.6 Å². The molecule has 0 radical (unpaired) electrons. The highest BCUT2D eigenvalue weighted by atomic mass is 35.5. The Morgan fingerprint density at radius 2 is 1.83 bits per heavy atom. The molecule has 1 saturated heterocycles. The van der Waals surface area contributed by atoms with Crippen molar-refractivity contribution < 1.29 is 32.2 Å². The van der Waals surface area contributed by atoms with Gasteiger partial charge in [0.15, 0.2) is 0 Å². The molecule has 3 rings (SSSR count). The van der Waals surface area contributed by atoms with Crippen LogP contribution < -0.4 is 10.1 Å². The topological polar surface area (TPSA) is 67.9 Å². The van der Waals surface area contributed by atoms with E-state index < -0.39 is 18.2 Å². The van der Waals surface area contributed by atoms with Gasteiger partial charge in [0.1, 0.15) is 18.5 Å². The third-order valence-corrected chi connectivity index (χ3v) is 5.94. The van der Waals surface area contributed by atoms with Crippen molar-refractivity contribution in [2.24, 2.45) is 5.92 Å². The molecule has 190 valence electrons. The van der Waals surface area contributed by atoms with Gasteiger partial charge in [-0.25, -0.2) is 4.79 Å². The average Bonchev–Trinajstić information content (AvgIpc) is 3.20. The number of ether oxygens (including phenoxy) is 2. The molecular formula is C24H25Cl2F3N2O4. The van der Waals surface area contributed by atoms with Crippen LogP contribution in [0.4, 0.5) is 18.9 Å². The minimum atomic E-state index is -5.12. The summed E-state index contributed by atoms with van der Waals surface area (Å²) in [4.78, 5) is 25.0. The molecule has 2 aromatic carbocycles. The Bertz CT molecular complexity index is 1030. The highest BCUT2D eigenvalue weighted by molar-refractivity contribution is 6.31. The molecular weight excluding hydrogens is 508 g/mol. The maximum atomic E-state index is 12.9. The maximum Gasteiger partial charge on any atom is 0.490 e. The van der Waals surface area contributed by atoms with Gasteiger partial charge >= 0.3 is 12.1 Å². The van der Waals surface area contributed by atoms with Gasteiger partial charge in [-0.15, -0.1) is 0 Å². The van der Waals surface area contributed by atoms with Crippen LogP contribution in [0.15, 0.2) is 42.5 Å². The lowest BCUT2D eigenvalue weighted by molar-refractivity contribution is -0.206. The zero-order valence-corrected chi connectivity index (χ0v) is 20.4. The van der Waals surface area contributed by atoms with E-state index in [0.717, 1.165) is 18.4 Å². The highest BCUT2D eigenvalue weighted by Crippen LogP contribution is 2.29. The van der Waals surface area contributed by atoms with Crippen LogP contribution in [-0.2, 0) is 20.7 Å². The normalized spacial score (nSPS) is 17.1. The van der Waals surface area contributed by atoms with Gasteiger partial charge in [-0.2, -0.15) is 13.2 Å². The molecule has 0 aromatic heterocycles. The van der Waals surface area contributed by atoms with Crippen molar-refractivity contribution in [3.05, 3.63) is 58.1 Å². The molecule has 1 aliphatic rings. The number of hydrogen-bond donors (Lipinski definition) is 1. The molecule has 1 fully saturated rings. The van der Waals surface area contributed by atoms with Gasteiger partial charge < -0.3 is 14.8 Å². The van der Waals surface area contributed by atoms with Crippen LogP contribution in [0.3, 0.4) is 0 Å². The molecule has 1 aliphatic heterocycles. The Morgan fingerprint density at radius 1 is 1.14 bits per heavy atom. The first-order valence-corrected chi connectivity index (χ1v) is 11.7. The van der Waals surface area contributed by atoms with Crippen LogP contribution >= 0.6 is 23.2 Å². The summed E-state index contributed by atoms with van der Waals surface area (Å²) in [5.74, 6) is -2.15. The summed E-state index contributed by atoms with van der Waals surface area (Å²) >= 11 is 11.9. The fourth-order valence-corrected chi connectivity index (χ4v) is 4.23. The lowest BCUT2D eigenvalue weighted by Crippen LogP contribution is -2.40. The SMILES string of the molecule is CC(=O)Nc1cc(Cl)ccc1OCC(CN1CCC(Cc2ccc(Cl)cc2)C1)OC(=O)C(F)(F)F. The molecule has 2 unspecified atom stereocenters. The third-order valence-electron chi connectivity index (χ3n) is 5.45. The Hall–Kier alpha value is -2.49. The molecule has 1 heterocycles. The second-order valence-electron chi connectivity index (χ2n) is 8.40. The zero-order chi connectivity index (χ0) is 25.6. The van der Waals surface area contributed by atoms with Crippen molar-refractivity contribution in [2.45, 2.75) is 32.0 Å². The Labute approximate surface area is 211 Å². The number of alkyl halides is 3. The summed E-state index contributed by atoms with van der Waals surface area (Å²) in [5, 5.41) is 3.54. The predicted molar refractivity (Wildman–Crippen MR) is 127 cm³/mol. The first-order chi connectivity index (χ1) is 16.5. The minimum absolute atomic E-state index is 0.0714. The summed E-state index contributed by atoms with van der Waals surface area (Å²) in [6.07, 6.45) is -4.64. The molecule has 6 nitrogen and oxygen atoms in total. The molecule has 0 bridgehead atoms. The largest absolute Gasteiger partial charge is 0.490 e. The first kappa shape index (κ1) is 27.1. The molecule has 2 atom stereocenters. The molecule has 0 aliphatic carbocycles. The molecule has 35 heavy (non-hydrogen) atoms. The summed E-state index contributed by atoms with van der Waals surface area (Å²) in [7, 11) is 0. The number of nitrogens with one attached hydrogen (secondary N) is 1. The van der Waals surface area contributed by atoms with Crippen LogP contribution in [0, 0.1) is 5.92 Å². The van der Waals surface area contributed by atoms with Crippen LogP contribution in [-0.4, -0.2) is 55.3 Å². The van der Waals surface area contributed by atoms with Gasteiger partial charge in [0.25, 0.3) is 0 Å². The van der Waals surface area contributed by atoms with E-state index in [1.165, 1.54) is 25.1 Å². The van der Waals surface area contributed by atoms with Crippen LogP contribution in [0.25, 0.3) is 0 Å². The number of carbonyl (C=O) groups excluding carboxylic acids is 2. The van der Waals surface area contributed by atoms with Crippen molar-refractivity contribution in [1.82, 2.24) is 4.90 Å². The van der Waals surface area contributed by atoms with Gasteiger partial charge in [0, 0.05) is 30.1 Å². The van der Waals surface area contributed by atoms with E-state index in [4.69, 9.17) is 32.7 Å². The van der Waals surface area contributed by atoms with E-state index in [1.807, 2.05) is 29.2 Å². The number of hydrogen-bond acceptors (Lipinski definition) is 5. The molecule has 2 aromatic rings. The Balaban J connectivity index is 1.65. The van der Waals surface area contributed by atoms with E-state index in [-0.39, 0.29) is 30.5 Å². The van der Waals surface area contributed by atoms with Gasteiger partial charge in [0.2, 0.25) is 5.91 Å². The van der Waals surface area contributed by atoms with E-state index in [1.54, 1.807) is 0 Å². The summed E-state index contributed by atoms with van der Waals surface area (Å²) in [6, 6.07) is 12.0. The first-order valence-electron chi connectivity index (χ1n) is 10.9. The molecule has 0 saturated carbocycles. The molecule has 1 N–H and O–H groups in total. The number of carbonyl (C=O) groups is 2. The maximum absolute atomic E-state index is 12.9. The third kappa shape index (κ3) is 8.59. The van der Waals surface area contributed by atoms with Crippen LogP contribution in [0.5, 0.6) is 5.75 Å². The molecule has 0 spiro atoms. The van der Waals surface area contributed by atoms with Gasteiger partial charge in [-0.05, 0) is 61.2 Å². The fraction of sp³-hybridized carbons (Fsp3) is 0.417. The number of likely N-dealkylation sites (tertiary alicyclic amines) is 1. The number of nitrogens with zero attached hydrogens (tertiary/aromatic N) is 1. The summed E-state index contributed by atoms with van der Waals surface area (Å²) < 4.78 is 49.0. The number of esters is 1. The van der Waals surface area contributed by atoms with Gasteiger partial charge in [-0.3, -0.25) is 9.69 Å². The summed E-state index contributed by atoms with van der Waals surface area (Å²) in [6.45, 7) is 2.32. The second-order valence-corrected chi connectivity index (χ2v) is 9.28.